The number of nitrogens with two attached hydrogens (primary N) is 4. The molecule has 147 heavy (non-hydrogen) atoms. The number of oxazole rings is 3. The number of likely N-dealkylation sites (tertiary alicyclic amines) is 2. The Labute approximate surface area is 902 Å². The molecule has 0 saturated carbocycles. The number of aryl methyl sites for hydroxylation is 6. The Balaban J connectivity index is 0.000000148. The van der Waals surface area contributed by atoms with Gasteiger partial charge in [-0.3, -0.25) is 0 Å². The van der Waals surface area contributed by atoms with Crippen molar-refractivity contribution in [3.8, 4) is 22.5 Å². The molecule has 5 fully saturated rings. The number of halogens is 6. The Morgan fingerprint density at radius 3 is 0.986 bits per heavy atom. The van der Waals surface area contributed by atoms with E-state index in [1.807, 2.05) is 179 Å². The van der Waals surface area contributed by atoms with Crippen LogP contribution in [0.4, 0.5) is 68.0 Å². The van der Waals surface area contributed by atoms with E-state index in [-0.39, 0.29) is 92.2 Å². The van der Waals surface area contributed by atoms with Crippen LogP contribution in [-0.2, 0) is 18.8 Å². The van der Waals surface area contributed by atoms with Gasteiger partial charge in [0.15, 0.2) is 39.3 Å². The summed E-state index contributed by atoms with van der Waals surface area (Å²) in [5, 5.41) is 38.8. The smallest absolute Gasteiger partial charge is 0.444 e. The lowest BCUT2D eigenvalue weighted by Crippen LogP contribution is -2.42. The van der Waals surface area contributed by atoms with Gasteiger partial charge in [0.1, 0.15) is 95.1 Å². The van der Waals surface area contributed by atoms with Crippen LogP contribution in [-0.4, -0.2) is 198 Å². The SMILES string of the molecule is CC(C)(C)OC(=O)N1CCC(n2nc(I)c3c(N)ncnc32)CC1.Cc1cc(C)c2oc(Nc3ccc(-c4nn(C5CCN(C(=O)OC(C)(C)C)CC5)c5ncnc(N)c45)cc3)nc2c1.Cc1cc(C)c2oc(Nc3ccc(-c4nn(C5CCNCC5)c5ncnc(N)c45)cc3)nc2c1.Cc1cc(C)c2oc(Nc3ccc(B4OC(C)(C)C(C)(C)O4)cc3)nc2c1.Cl.Cl.Cl.Cl.Nc1ncnc2c1c(I)nn2C1CCNCC1. The third kappa shape index (κ3) is 24.6. The molecular formula is C101H123BCl4I2N30O9. The molecule has 0 unspecified atom stereocenters. The lowest BCUT2D eigenvalue weighted by Gasteiger charge is -2.33. The fourth-order valence-corrected chi connectivity index (χ4v) is 19.9. The van der Waals surface area contributed by atoms with Crippen molar-refractivity contribution in [1.82, 2.24) is 114 Å². The molecule has 46 heteroatoms. The molecule has 0 radical (unpaired) electrons. The molecular weight excluding hydrogens is 2180 g/mol. The molecule has 0 spiro atoms. The van der Waals surface area contributed by atoms with E-state index in [1.165, 1.54) is 30.9 Å². The van der Waals surface area contributed by atoms with Crippen molar-refractivity contribution in [2.45, 2.75) is 209 Å². The molecule has 22 rings (SSSR count). The molecule has 6 aromatic carbocycles. The highest BCUT2D eigenvalue weighted by atomic mass is 127. The van der Waals surface area contributed by atoms with E-state index in [0.29, 0.717) is 96.3 Å². The molecule has 11 aromatic heterocycles. The first-order valence-electron chi connectivity index (χ1n) is 48.0. The normalized spacial score (nSPS) is 15.6. The van der Waals surface area contributed by atoms with Crippen LogP contribution in [0, 0.1) is 48.9 Å². The highest BCUT2D eigenvalue weighted by Gasteiger charge is 2.52. The second-order valence-corrected chi connectivity index (χ2v) is 41.9. The number of hydrogen-bond acceptors (Lipinski definition) is 33. The van der Waals surface area contributed by atoms with Gasteiger partial charge in [0.05, 0.1) is 56.9 Å². The highest BCUT2D eigenvalue weighted by molar-refractivity contribution is 14.1. The van der Waals surface area contributed by atoms with E-state index < -0.39 is 11.2 Å². The van der Waals surface area contributed by atoms with Gasteiger partial charge in [0.2, 0.25) is 0 Å². The minimum Gasteiger partial charge on any atom is -0.444 e. The zero-order chi connectivity index (χ0) is 101. The van der Waals surface area contributed by atoms with Gasteiger partial charge in [-0.2, -0.15) is 35.3 Å². The Hall–Kier alpha value is -12.4. The van der Waals surface area contributed by atoms with Crippen LogP contribution in [0.25, 0.3) is 99.9 Å². The minimum absolute atomic E-state index is 0. The summed E-state index contributed by atoms with van der Waals surface area (Å²) in [6.07, 6.45) is 12.6. The average Bonchev–Trinajstić information content (AvgIpc) is 1.60. The molecule has 16 heterocycles. The van der Waals surface area contributed by atoms with Crippen molar-refractivity contribution >= 4 is 255 Å². The first-order chi connectivity index (χ1) is 68.3. The second kappa shape index (κ2) is 45.7. The first kappa shape index (κ1) is 110. The molecule has 5 saturated heterocycles. The van der Waals surface area contributed by atoms with Crippen LogP contribution < -0.4 is 55.0 Å². The number of nitrogen functional groups attached to an aromatic ring is 4. The van der Waals surface area contributed by atoms with E-state index in [4.69, 9.17) is 65.2 Å². The van der Waals surface area contributed by atoms with Crippen LogP contribution >= 0.6 is 94.8 Å². The molecule has 776 valence electrons. The van der Waals surface area contributed by atoms with Gasteiger partial charge < -0.3 is 91.4 Å². The zero-order valence-corrected chi connectivity index (χ0v) is 92.2. The molecule has 0 atom stereocenters. The van der Waals surface area contributed by atoms with Crippen molar-refractivity contribution in [3.05, 3.63) is 175 Å². The topological polar surface area (TPSA) is 494 Å². The van der Waals surface area contributed by atoms with Gasteiger partial charge in [0.25, 0.3) is 18.0 Å². The first-order valence-corrected chi connectivity index (χ1v) is 50.2. The highest BCUT2D eigenvalue weighted by Crippen LogP contribution is 2.42. The predicted octanol–water partition coefficient (Wildman–Crippen LogP) is 20.3. The summed E-state index contributed by atoms with van der Waals surface area (Å²) < 4.78 is 50.5. The van der Waals surface area contributed by atoms with Gasteiger partial charge in [-0.05, 0) is 327 Å². The standard InChI is InChI=1S/C30H34N8O3.C25H26N8O.C21H25BN2O3.C15H21IN6O2.C10H13IN6.4ClH/c1-17-14-18(2)25-22(15-17)35-28(40-25)34-20-8-6-19(7-9-20)24-23-26(31)32-16-33-27(23)38(36-24)21-10-12-37(13-11-21)29(39)41-30(3,4)5;1-14-11-15(2)22-19(12-14)31-25(34-22)30-17-5-3-16(4-6-17)21-20-23(26)28-13-29-24(20)33(32-21)18-7-9-27-10-8-18;1-13-11-14(2)18-17(12-13)24-19(25-18)23-16-9-7-15(8-10-16)22-26-20(3,4)21(5,6)27-22;1-15(2,3)24-14(23)21-6-4-9(5-7-21)22-13-10(11(16)20-22)12(17)18-8-19-13;11-8-7-9(12)14-5-15-10(7)17(16-8)6-1-3-13-4-2-6;;;;/h6-9,14-16,21H,10-13H2,1-5H3,(H,34,35)(H2,31,32,33);3-6,11-13,18,27H,7-10H2,1-2H3,(H,30,31)(H2,26,28,29);7-12H,1-6H3,(H,23,24);8-9H,4-7H2,1-3H3,(H2,17,18,19);5-6,13H,1-4H2,(H2,12,14,15);4*1H. The quantitative estimate of drug-likeness (QED) is 0.0382. The number of anilines is 10. The average molecular weight is 2310 g/mol. The number of rotatable bonds is 13. The fourth-order valence-electron chi connectivity index (χ4n) is 18.4. The fraction of sp³-hybridized carbons (Fsp3) is 0.396. The number of hydrogen-bond donors (Lipinski definition) is 9. The summed E-state index contributed by atoms with van der Waals surface area (Å²) in [6, 6.07) is 38.5. The summed E-state index contributed by atoms with van der Waals surface area (Å²) in [6.45, 7) is 38.1. The number of ether oxygens (including phenoxy) is 2. The summed E-state index contributed by atoms with van der Waals surface area (Å²) in [5.74, 6) is 1.78. The number of fused-ring (bicyclic) bond motifs is 7. The van der Waals surface area contributed by atoms with E-state index >= 15 is 0 Å². The summed E-state index contributed by atoms with van der Waals surface area (Å²) in [7, 11) is -0.362. The Kier molecular flexibility index (Phi) is 34.3. The largest absolute Gasteiger partial charge is 0.494 e. The number of nitrogens with one attached hydrogen (secondary N) is 5. The van der Waals surface area contributed by atoms with Gasteiger partial charge in [-0.25, -0.2) is 68.2 Å². The molecule has 0 aliphatic carbocycles. The van der Waals surface area contributed by atoms with Gasteiger partial charge >= 0.3 is 19.3 Å². The van der Waals surface area contributed by atoms with E-state index in [9.17, 15) is 9.59 Å². The van der Waals surface area contributed by atoms with Crippen molar-refractivity contribution < 1.29 is 41.6 Å². The number of carbonyl (C=O) groups is 2. The summed E-state index contributed by atoms with van der Waals surface area (Å²) >= 11 is 4.35. The molecule has 13 N–H and O–H groups in total. The number of piperidine rings is 4. The minimum atomic E-state index is -0.527. The van der Waals surface area contributed by atoms with Crippen molar-refractivity contribution in [3.63, 3.8) is 0 Å². The number of carbonyl (C=O) groups excluding carboxylic acids is 2. The summed E-state index contributed by atoms with van der Waals surface area (Å²) in [4.78, 5) is 76.2. The Morgan fingerprint density at radius 1 is 0.401 bits per heavy atom. The molecule has 0 bridgehead atoms. The lowest BCUT2D eigenvalue weighted by atomic mass is 9.79. The maximum atomic E-state index is 12.5. The van der Waals surface area contributed by atoms with Crippen molar-refractivity contribution in [2.75, 3.05) is 91.2 Å². The van der Waals surface area contributed by atoms with Crippen LogP contribution in [0.3, 0.4) is 0 Å². The maximum Gasteiger partial charge on any atom is 0.494 e. The van der Waals surface area contributed by atoms with E-state index in [0.717, 1.165) is 219 Å². The number of benzene rings is 6. The van der Waals surface area contributed by atoms with Crippen molar-refractivity contribution in [1.29, 1.82) is 0 Å². The third-order valence-electron chi connectivity index (χ3n) is 26.2. The van der Waals surface area contributed by atoms with Gasteiger partial charge in [-0.15, -0.1) is 49.6 Å². The molecule has 5 aliphatic heterocycles. The monoisotopic (exact) mass is 2300 g/mol. The van der Waals surface area contributed by atoms with E-state index in [2.05, 4.69) is 197 Å². The Bertz CT molecular complexity index is 7530. The van der Waals surface area contributed by atoms with E-state index in [1.54, 1.807) is 9.80 Å². The lowest BCUT2D eigenvalue weighted by molar-refractivity contribution is 0.00578. The molecule has 17 aromatic rings. The number of nitrogens with zero attached hydrogens (tertiary/aromatic N) is 21. The zero-order valence-electron chi connectivity index (χ0n) is 84.7. The third-order valence-corrected chi connectivity index (χ3v) is 27.7. The van der Waals surface area contributed by atoms with Gasteiger partial charge in [-0.1, -0.05) is 54.6 Å². The van der Waals surface area contributed by atoms with Crippen LogP contribution in [0.15, 0.2) is 148 Å². The number of amides is 2. The molecule has 2 amide bonds. The maximum absolute atomic E-state index is 12.5. The van der Waals surface area contributed by atoms with Crippen LogP contribution in [0.2, 0.25) is 0 Å². The van der Waals surface area contributed by atoms with Gasteiger partial charge in [0, 0.05) is 54.4 Å². The number of aromatic nitrogens is 19. The summed E-state index contributed by atoms with van der Waals surface area (Å²) in [5.41, 5.74) is 44.4. The molecule has 5 aliphatic rings. The Morgan fingerprint density at radius 2 is 0.680 bits per heavy atom. The molecule has 39 nitrogen and oxygen atoms in total. The van der Waals surface area contributed by atoms with Crippen molar-refractivity contribution in [2.24, 2.45) is 0 Å². The second-order valence-electron chi connectivity index (χ2n) is 39.8. The van der Waals surface area contributed by atoms with Crippen LogP contribution in [0.1, 0.15) is 178 Å². The predicted molar refractivity (Wildman–Crippen MR) is 601 cm³/mol. The van der Waals surface area contributed by atoms with Crippen LogP contribution in [0.5, 0.6) is 0 Å².